The number of aryl methyl sites for hydroxylation is 1. The SMILES string of the molecule is COc1cc(C[N-]CCc2c(O)cc(CN(C)/C=C\N(C)C=N)cc2-c2ccc(F)cc2C)cc(OC)c1.[W]. The molecule has 0 amide bonds. The van der Waals surface area contributed by atoms with Crippen molar-refractivity contribution >= 4 is 6.34 Å². The topological polar surface area (TPSA) is 83.1 Å². The van der Waals surface area contributed by atoms with Gasteiger partial charge in [-0.1, -0.05) is 11.6 Å². The van der Waals surface area contributed by atoms with E-state index in [1.165, 1.54) is 18.5 Å². The molecule has 3 aromatic rings. The van der Waals surface area contributed by atoms with Gasteiger partial charge in [0.2, 0.25) is 0 Å². The van der Waals surface area contributed by atoms with Gasteiger partial charge in [-0.05, 0) is 72.0 Å². The number of aromatic hydroxyl groups is 1. The van der Waals surface area contributed by atoms with E-state index in [9.17, 15) is 9.50 Å². The van der Waals surface area contributed by atoms with Crippen LogP contribution in [0.5, 0.6) is 17.2 Å². The summed E-state index contributed by atoms with van der Waals surface area (Å²) in [5.41, 5.74) is 5.19. The third-order valence-corrected chi connectivity index (χ3v) is 6.18. The molecular weight excluding hydrogens is 667 g/mol. The van der Waals surface area contributed by atoms with E-state index in [2.05, 4.69) is 0 Å². The van der Waals surface area contributed by atoms with E-state index in [1.54, 1.807) is 44.5 Å². The number of hydrogen-bond donors (Lipinski definition) is 2. The summed E-state index contributed by atoms with van der Waals surface area (Å²) < 4.78 is 24.6. The summed E-state index contributed by atoms with van der Waals surface area (Å²) in [7, 11) is 6.94. The van der Waals surface area contributed by atoms with Crippen LogP contribution >= 0.6 is 0 Å². The van der Waals surface area contributed by atoms with E-state index in [0.717, 1.165) is 33.4 Å². The molecule has 0 aliphatic heterocycles. The van der Waals surface area contributed by atoms with Crippen LogP contribution in [0.3, 0.4) is 0 Å². The van der Waals surface area contributed by atoms with E-state index in [-0.39, 0.29) is 32.6 Å². The number of phenols is 1. The summed E-state index contributed by atoms with van der Waals surface area (Å²) in [6.45, 7) is 3.40. The van der Waals surface area contributed by atoms with Gasteiger partial charge in [0.1, 0.15) is 23.1 Å². The molecular formula is C30H36FN4O3W-. The Hall–Kier alpha value is -3.35. The molecule has 0 fully saturated rings. The quantitative estimate of drug-likeness (QED) is 0.128. The van der Waals surface area contributed by atoms with Gasteiger partial charge in [-0.2, -0.15) is 0 Å². The minimum atomic E-state index is -0.294. The van der Waals surface area contributed by atoms with Gasteiger partial charge in [0.05, 0.1) is 20.6 Å². The maximum absolute atomic E-state index is 13.9. The number of hydrogen-bond acceptors (Lipinski definition) is 5. The third-order valence-electron chi connectivity index (χ3n) is 6.18. The van der Waals surface area contributed by atoms with Crippen LogP contribution in [0.15, 0.2) is 60.9 Å². The van der Waals surface area contributed by atoms with Crippen molar-refractivity contribution in [3.8, 4) is 28.4 Å². The number of rotatable bonds is 13. The minimum Gasteiger partial charge on any atom is -0.658 e. The van der Waals surface area contributed by atoms with Crippen molar-refractivity contribution in [1.82, 2.24) is 9.80 Å². The average Bonchev–Trinajstić information content (AvgIpc) is 2.90. The van der Waals surface area contributed by atoms with Crippen molar-refractivity contribution < 1.29 is 40.0 Å². The number of nitrogens with zero attached hydrogens (tertiary/aromatic N) is 3. The van der Waals surface area contributed by atoms with E-state index < -0.39 is 0 Å². The number of methoxy groups -OCH3 is 2. The summed E-state index contributed by atoms with van der Waals surface area (Å²) in [6.07, 6.45) is 5.40. The summed E-state index contributed by atoms with van der Waals surface area (Å²) in [5.74, 6) is 1.31. The first kappa shape index (κ1) is 31.9. The van der Waals surface area contributed by atoms with E-state index >= 15 is 0 Å². The fourth-order valence-electron chi connectivity index (χ4n) is 4.20. The Kier molecular flexibility index (Phi) is 12.5. The van der Waals surface area contributed by atoms with Crippen molar-refractivity contribution in [2.45, 2.75) is 26.4 Å². The first-order valence-electron chi connectivity index (χ1n) is 12.3. The molecule has 208 valence electrons. The Morgan fingerprint density at radius 1 is 0.949 bits per heavy atom. The molecule has 0 unspecified atom stereocenters. The van der Waals surface area contributed by atoms with Gasteiger partial charge < -0.3 is 29.7 Å². The van der Waals surface area contributed by atoms with Gasteiger partial charge in [-0.25, -0.2) is 4.39 Å². The van der Waals surface area contributed by atoms with Gasteiger partial charge >= 0.3 is 0 Å². The maximum atomic E-state index is 13.9. The fourth-order valence-corrected chi connectivity index (χ4v) is 4.20. The van der Waals surface area contributed by atoms with Crippen molar-refractivity contribution in [3.05, 3.63) is 94.3 Å². The van der Waals surface area contributed by atoms with E-state index in [4.69, 9.17) is 20.2 Å². The van der Waals surface area contributed by atoms with Crippen LogP contribution in [0.2, 0.25) is 0 Å². The standard InChI is InChI=1S/C30H36FN4O3.W/c1-21-12-24(31)6-7-27(21)29-15-23(19-34(2)10-11-35(3)20-32)16-30(36)28(29)8-9-33-18-22-13-25(37-4)17-26(14-22)38-5;/h6-7,10-17,20,32,36H,8-9,18-19H2,1-5H3;/q-1;/b11-10-,32-20?;. The molecule has 9 heteroatoms. The molecule has 0 spiro atoms. The minimum absolute atomic E-state index is 0. The van der Waals surface area contributed by atoms with Gasteiger partial charge in [0, 0.05) is 65.7 Å². The van der Waals surface area contributed by atoms with Crippen LogP contribution in [0.25, 0.3) is 16.4 Å². The molecule has 0 aliphatic rings. The summed E-state index contributed by atoms with van der Waals surface area (Å²) >= 11 is 0. The first-order valence-corrected chi connectivity index (χ1v) is 12.3. The van der Waals surface area contributed by atoms with Gasteiger partial charge in [0.25, 0.3) is 0 Å². The number of benzene rings is 3. The summed E-state index contributed by atoms with van der Waals surface area (Å²) in [4.78, 5) is 3.60. The van der Waals surface area contributed by atoms with Crippen molar-refractivity contribution in [2.24, 2.45) is 0 Å². The molecule has 0 bridgehead atoms. The number of ether oxygens (including phenoxy) is 2. The van der Waals surface area contributed by atoms with Crippen molar-refractivity contribution in [2.75, 3.05) is 34.9 Å². The van der Waals surface area contributed by atoms with Crippen LogP contribution in [0.4, 0.5) is 4.39 Å². The number of phenolic OH excluding ortho intramolecular Hbond substituents is 1. The molecule has 0 saturated carbocycles. The molecule has 3 aromatic carbocycles. The number of halogens is 1. The Labute approximate surface area is 245 Å². The van der Waals surface area contributed by atoms with Gasteiger partial charge in [-0.3, -0.25) is 5.41 Å². The predicted molar refractivity (Wildman–Crippen MR) is 151 cm³/mol. The van der Waals surface area contributed by atoms with Crippen LogP contribution in [-0.2, 0) is 40.6 Å². The monoisotopic (exact) mass is 703 g/mol. The second kappa shape index (κ2) is 15.3. The molecule has 3 rings (SSSR count). The Balaban J connectivity index is 0.00000533. The molecule has 0 aliphatic carbocycles. The van der Waals surface area contributed by atoms with E-state index in [0.29, 0.717) is 37.6 Å². The molecule has 0 heterocycles. The van der Waals surface area contributed by atoms with E-state index in [1.807, 2.05) is 49.3 Å². The average molecular weight is 703 g/mol. The molecule has 39 heavy (non-hydrogen) atoms. The first-order chi connectivity index (χ1) is 18.2. The molecule has 0 radical (unpaired) electrons. The van der Waals surface area contributed by atoms with Crippen LogP contribution < -0.4 is 9.47 Å². The Morgan fingerprint density at radius 3 is 2.26 bits per heavy atom. The molecule has 0 saturated heterocycles. The molecule has 0 aromatic heterocycles. The van der Waals surface area contributed by atoms with Crippen LogP contribution in [0, 0.1) is 18.2 Å². The molecule has 7 nitrogen and oxygen atoms in total. The smallest absolute Gasteiger partial charge is 0.123 e. The summed E-state index contributed by atoms with van der Waals surface area (Å²) in [5, 5.41) is 23.1. The van der Waals surface area contributed by atoms with Gasteiger partial charge in [-0.15, -0.1) is 13.1 Å². The zero-order chi connectivity index (χ0) is 27.7. The van der Waals surface area contributed by atoms with Crippen molar-refractivity contribution in [3.63, 3.8) is 0 Å². The van der Waals surface area contributed by atoms with Crippen molar-refractivity contribution in [1.29, 1.82) is 5.41 Å². The molecule has 0 atom stereocenters. The Bertz CT molecular complexity index is 1260. The van der Waals surface area contributed by atoms with Crippen LogP contribution in [-0.4, -0.2) is 56.1 Å². The second-order valence-electron chi connectivity index (χ2n) is 9.18. The molecule has 2 N–H and O–H groups in total. The fraction of sp³-hybridized carbons (Fsp3) is 0.300. The van der Waals surface area contributed by atoms with Crippen LogP contribution in [0.1, 0.15) is 22.3 Å². The normalized spacial score (nSPS) is 10.7. The largest absolute Gasteiger partial charge is 0.658 e. The zero-order valence-electron chi connectivity index (χ0n) is 23.1. The second-order valence-corrected chi connectivity index (χ2v) is 9.18. The predicted octanol–water partition coefficient (Wildman–Crippen LogP) is 6.08. The number of nitrogens with one attached hydrogen (secondary N) is 1. The summed E-state index contributed by atoms with van der Waals surface area (Å²) in [6, 6.07) is 14.2. The third kappa shape index (κ3) is 9.12. The Morgan fingerprint density at radius 2 is 1.64 bits per heavy atom. The maximum Gasteiger partial charge on any atom is 0.123 e. The van der Waals surface area contributed by atoms with Gasteiger partial charge in [0.15, 0.2) is 0 Å². The zero-order valence-corrected chi connectivity index (χ0v) is 26.0.